The summed E-state index contributed by atoms with van der Waals surface area (Å²) in [5, 5.41) is 10.1. The number of benzene rings is 1. The Balaban J connectivity index is 2.77. The van der Waals surface area contributed by atoms with Crippen LogP contribution in [0.1, 0.15) is 5.56 Å². The summed E-state index contributed by atoms with van der Waals surface area (Å²) in [6, 6.07) is 6.82. The number of pyridine rings is 1. The summed E-state index contributed by atoms with van der Waals surface area (Å²) in [6.45, 7) is 0. The van der Waals surface area contributed by atoms with Crippen molar-refractivity contribution in [2.24, 2.45) is 0 Å². The monoisotopic (exact) mass is 169 g/mol. The molecule has 1 heterocycles. The molecule has 1 aromatic carbocycles. The van der Waals surface area contributed by atoms with Crippen molar-refractivity contribution in [3.63, 3.8) is 0 Å². The molecule has 0 atom stereocenters. The summed E-state index contributed by atoms with van der Waals surface area (Å²) >= 11 is 0. The van der Waals surface area contributed by atoms with E-state index in [1.165, 1.54) is 0 Å². The van der Waals surface area contributed by atoms with Crippen molar-refractivity contribution in [1.82, 2.24) is 4.98 Å². The van der Waals surface area contributed by atoms with Crippen LogP contribution >= 0.6 is 0 Å². The van der Waals surface area contributed by atoms with Crippen LogP contribution in [0.5, 0.6) is 5.75 Å². The van der Waals surface area contributed by atoms with E-state index >= 15 is 0 Å². The Morgan fingerprint density at radius 3 is 2.92 bits per heavy atom. The molecular weight excluding hydrogens is 162 g/mol. The van der Waals surface area contributed by atoms with Crippen molar-refractivity contribution in [3.8, 4) is 18.1 Å². The minimum atomic E-state index is 0.225. The predicted octanol–water partition coefficient (Wildman–Crippen LogP) is 1.92. The molecule has 0 spiro atoms. The van der Waals surface area contributed by atoms with Gasteiger partial charge >= 0.3 is 0 Å². The highest BCUT2D eigenvalue weighted by molar-refractivity contribution is 5.81. The molecule has 0 aliphatic heterocycles. The Hall–Kier alpha value is -2.01. The quantitative estimate of drug-likeness (QED) is 0.611. The van der Waals surface area contributed by atoms with E-state index in [4.69, 9.17) is 6.42 Å². The van der Waals surface area contributed by atoms with Gasteiger partial charge < -0.3 is 5.11 Å². The lowest BCUT2D eigenvalue weighted by molar-refractivity contribution is 0.476. The standard InChI is InChI=1S/C11H7NO/c1-2-8-5-9-6-10(13)3-4-11(9)12-7-8/h1,3-7,13H. The van der Waals surface area contributed by atoms with Gasteiger partial charge in [-0.1, -0.05) is 5.92 Å². The van der Waals surface area contributed by atoms with Gasteiger partial charge in [-0.25, -0.2) is 0 Å². The molecule has 13 heavy (non-hydrogen) atoms. The van der Waals surface area contributed by atoms with E-state index in [2.05, 4.69) is 10.9 Å². The molecule has 62 valence electrons. The highest BCUT2D eigenvalue weighted by atomic mass is 16.3. The van der Waals surface area contributed by atoms with Gasteiger partial charge in [0.25, 0.3) is 0 Å². The normalized spacial score (nSPS) is 9.77. The Kier molecular flexibility index (Phi) is 1.64. The first-order chi connectivity index (χ1) is 6.29. The van der Waals surface area contributed by atoms with Crippen molar-refractivity contribution >= 4 is 10.9 Å². The number of hydrogen-bond donors (Lipinski definition) is 1. The minimum Gasteiger partial charge on any atom is -0.508 e. The van der Waals surface area contributed by atoms with E-state index in [1.807, 2.05) is 6.07 Å². The minimum absolute atomic E-state index is 0.225. The molecule has 1 N–H and O–H groups in total. The number of phenolic OH excluding ortho intramolecular Hbond substituents is 1. The topological polar surface area (TPSA) is 33.1 Å². The molecule has 2 heteroatoms. The second kappa shape index (κ2) is 2.80. The fraction of sp³-hybridized carbons (Fsp3) is 0. The first-order valence-corrected chi connectivity index (χ1v) is 3.85. The van der Waals surface area contributed by atoms with Gasteiger partial charge in [-0.15, -0.1) is 6.42 Å². The Morgan fingerprint density at radius 2 is 2.15 bits per heavy atom. The van der Waals surface area contributed by atoms with Crippen LogP contribution in [0.15, 0.2) is 30.5 Å². The summed E-state index contributed by atoms with van der Waals surface area (Å²) < 4.78 is 0. The fourth-order valence-electron chi connectivity index (χ4n) is 1.20. The van der Waals surface area contributed by atoms with Gasteiger partial charge in [0, 0.05) is 17.1 Å². The number of fused-ring (bicyclic) bond motifs is 1. The number of terminal acetylenes is 1. The molecule has 0 aliphatic rings. The summed E-state index contributed by atoms with van der Waals surface area (Å²) in [5.41, 5.74) is 1.55. The summed E-state index contributed by atoms with van der Waals surface area (Å²) in [6.07, 6.45) is 6.86. The maximum atomic E-state index is 9.21. The number of nitrogens with zero attached hydrogens (tertiary/aromatic N) is 1. The van der Waals surface area contributed by atoms with Crippen LogP contribution in [-0.4, -0.2) is 10.1 Å². The van der Waals surface area contributed by atoms with Gasteiger partial charge in [-0.05, 0) is 24.3 Å². The maximum Gasteiger partial charge on any atom is 0.116 e. The largest absolute Gasteiger partial charge is 0.508 e. The molecule has 0 amide bonds. The van der Waals surface area contributed by atoms with Crippen LogP contribution in [0.4, 0.5) is 0 Å². The van der Waals surface area contributed by atoms with E-state index in [0.29, 0.717) is 0 Å². The fourth-order valence-corrected chi connectivity index (χ4v) is 1.20. The number of phenols is 1. The number of hydrogen-bond acceptors (Lipinski definition) is 2. The van der Waals surface area contributed by atoms with Gasteiger partial charge in [0.15, 0.2) is 0 Å². The van der Waals surface area contributed by atoms with Crippen LogP contribution in [0.3, 0.4) is 0 Å². The van der Waals surface area contributed by atoms with Crippen LogP contribution in [0, 0.1) is 12.3 Å². The Labute approximate surface area is 75.9 Å². The summed E-state index contributed by atoms with van der Waals surface area (Å²) in [5.74, 6) is 2.72. The third-order valence-electron chi connectivity index (χ3n) is 1.83. The molecule has 0 fully saturated rings. The summed E-state index contributed by atoms with van der Waals surface area (Å²) in [7, 11) is 0. The highest BCUT2D eigenvalue weighted by Crippen LogP contribution is 2.18. The van der Waals surface area contributed by atoms with Crippen molar-refractivity contribution in [3.05, 3.63) is 36.0 Å². The molecule has 0 saturated heterocycles. The molecule has 0 radical (unpaired) electrons. The maximum absolute atomic E-state index is 9.21. The molecule has 0 aliphatic carbocycles. The lowest BCUT2D eigenvalue weighted by Gasteiger charge is -1.98. The third kappa shape index (κ3) is 1.32. The molecule has 2 nitrogen and oxygen atoms in total. The van der Waals surface area contributed by atoms with Gasteiger partial charge in [0.1, 0.15) is 5.75 Å². The van der Waals surface area contributed by atoms with Crippen LogP contribution < -0.4 is 0 Å². The smallest absolute Gasteiger partial charge is 0.116 e. The zero-order valence-corrected chi connectivity index (χ0v) is 6.86. The van der Waals surface area contributed by atoms with Crippen molar-refractivity contribution in [2.45, 2.75) is 0 Å². The second-order valence-electron chi connectivity index (χ2n) is 2.75. The van der Waals surface area contributed by atoms with Crippen LogP contribution in [-0.2, 0) is 0 Å². The SMILES string of the molecule is C#Cc1cnc2ccc(O)cc2c1. The average molecular weight is 169 g/mol. The molecule has 0 saturated carbocycles. The molecule has 2 aromatic rings. The van der Waals surface area contributed by atoms with Crippen molar-refractivity contribution in [1.29, 1.82) is 0 Å². The summed E-state index contributed by atoms with van der Waals surface area (Å²) in [4.78, 5) is 4.14. The number of aromatic nitrogens is 1. The van der Waals surface area contributed by atoms with E-state index in [1.54, 1.807) is 24.4 Å². The van der Waals surface area contributed by atoms with E-state index in [9.17, 15) is 5.11 Å². The first kappa shape index (κ1) is 7.63. The van der Waals surface area contributed by atoms with Crippen LogP contribution in [0.2, 0.25) is 0 Å². The van der Waals surface area contributed by atoms with Gasteiger partial charge in [-0.2, -0.15) is 0 Å². The van der Waals surface area contributed by atoms with E-state index < -0.39 is 0 Å². The van der Waals surface area contributed by atoms with Crippen molar-refractivity contribution in [2.75, 3.05) is 0 Å². The zero-order chi connectivity index (χ0) is 9.26. The Bertz CT molecular complexity index is 497. The third-order valence-corrected chi connectivity index (χ3v) is 1.83. The number of rotatable bonds is 0. The van der Waals surface area contributed by atoms with E-state index in [-0.39, 0.29) is 5.75 Å². The van der Waals surface area contributed by atoms with Gasteiger partial charge in [-0.3, -0.25) is 4.98 Å². The molecule has 0 bridgehead atoms. The second-order valence-corrected chi connectivity index (χ2v) is 2.75. The Morgan fingerprint density at radius 1 is 1.31 bits per heavy atom. The van der Waals surface area contributed by atoms with Gasteiger partial charge in [0.05, 0.1) is 5.52 Å². The number of aromatic hydroxyl groups is 1. The first-order valence-electron chi connectivity index (χ1n) is 3.85. The highest BCUT2D eigenvalue weighted by Gasteiger charge is 1.96. The molecular formula is C11H7NO. The molecule has 1 aromatic heterocycles. The zero-order valence-electron chi connectivity index (χ0n) is 6.86. The molecule has 0 unspecified atom stereocenters. The van der Waals surface area contributed by atoms with Crippen LogP contribution in [0.25, 0.3) is 10.9 Å². The van der Waals surface area contributed by atoms with E-state index in [0.717, 1.165) is 16.5 Å². The molecule has 2 rings (SSSR count). The lowest BCUT2D eigenvalue weighted by atomic mass is 10.1. The average Bonchev–Trinajstić information content (AvgIpc) is 2.16. The lowest BCUT2D eigenvalue weighted by Crippen LogP contribution is -1.81. The van der Waals surface area contributed by atoms with Crippen molar-refractivity contribution < 1.29 is 5.11 Å². The van der Waals surface area contributed by atoms with Gasteiger partial charge in [0.2, 0.25) is 0 Å². The predicted molar refractivity (Wildman–Crippen MR) is 51.3 cm³/mol.